The maximum absolute atomic E-state index is 13.7. The number of nitro groups is 1. The van der Waals surface area contributed by atoms with Gasteiger partial charge in [-0.25, -0.2) is 8.42 Å². The molecule has 1 N–H and O–H groups in total. The second-order valence-corrected chi connectivity index (χ2v) is 11.9. The van der Waals surface area contributed by atoms with Crippen molar-refractivity contribution in [3.05, 3.63) is 86.4 Å². The zero-order valence-corrected chi connectivity index (χ0v) is 23.7. The highest BCUT2D eigenvalue weighted by Gasteiger charge is 2.31. The Morgan fingerprint density at radius 1 is 1.08 bits per heavy atom. The second kappa shape index (κ2) is 13.2. The van der Waals surface area contributed by atoms with Crippen LogP contribution in [0.1, 0.15) is 12.0 Å². The van der Waals surface area contributed by atoms with E-state index >= 15 is 0 Å². The number of sulfonamides is 1. The molecule has 0 aromatic heterocycles. The van der Waals surface area contributed by atoms with Crippen molar-refractivity contribution in [2.24, 2.45) is 0 Å². The average Bonchev–Trinajstić information content (AvgIpc) is 2.88. The maximum atomic E-state index is 13.7. The van der Waals surface area contributed by atoms with Crippen molar-refractivity contribution >= 4 is 62.3 Å². The normalized spacial score (nSPS) is 11.2. The van der Waals surface area contributed by atoms with Gasteiger partial charge in [0.1, 0.15) is 12.3 Å². The van der Waals surface area contributed by atoms with Crippen molar-refractivity contribution in [2.75, 3.05) is 30.3 Å². The molecule has 202 valence electrons. The Balaban J connectivity index is 1.80. The molecule has 0 aliphatic carbocycles. The lowest BCUT2D eigenvalue weighted by Gasteiger charge is -2.26. The third kappa shape index (κ3) is 7.53. The van der Waals surface area contributed by atoms with Gasteiger partial charge in [-0.05, 0) is 67.6 Å². The third-order valence-electron chi connectivity index (χ3n) is 5.39. The molecule has 0 radical (unpaired) electrons. The van der Waals surface area contributed by atoms with Crippen LogP contribution in [0.15, 0.2) is 70.5 Å². The highest BCUT2D eigenvalue weighted by molar-refractivity contribution is 7.99. The number of benzene rings is 3. The quantitative estimate of drug-likeness (QED) is 0.123. The average molecular weight is 599 g/mol. The number of carbonyl (C=O) groups is 1. The first-order chi connectivity index (χ1) is 18.0. The van der Waals surface area contributed by atoms with Gasteiger partial charge in [0, 0.05) is 33.1 Å². The summed E-state index contributed by atoms with van der Waals surface area (Å²) in [5.74, 6) is 0.319. The SMILES string of the molecule is COc1ccc(Cl)cc1N(CC(=O)NCCCSc1ccc(Cl)cc1)S(=O)(=O)c1ccc(C)c([N+](=O)[O-])c1. The molecule has 0 unspecified atom stereocenters. The number of anilines is 1. The molecule has 3 aromatic carbocycles. The number of aryl methyl sites for hydroxylation is 1. The summed E-state index contributed by atoms with van der Waals surface area (Å²) in [6.07, 6.45) is 0.635. The number of nitrogens with one attached hydrogen (secondary N) is 1. The van der Waals surface area contributed by atoms with Crippen molar-refractivity contribution in [1.82, 2.24) is 5.32 Å². The summed E-state index contributed by atoms with van der Waals surface area (Å²) in [5, 5.41) is 15.0. The van der Waals surface area contributed by atoms with E-state index < -0.39 is 27.4 Å². The maximum Gasteiger partial charge on any atom is 0.273 e. The minimum Gasteiger partial charge on any atom is -0.495 e. The van der Waals surface area contributed by atoms with Crippen LogP contribution in [0.5, 0.6) is 5.75 Å². The summed E-state index contributed by atoms with van der Waals surface area (Å²) in [7, 11) is -3.08. The topological polar surface area (TPSA) is 119 Å². The molecule has 0 fully saturated rings. The van der Waals surface area contributed by atoms with Gasteiger partial charge in [-0.2, -0.15) is 0 Å². The molecule has 0 heterocycles. The summed E-state index contributed by atoms with van der Waals surface area (Å²) >= 11 is 13.6. The molecule has 13 heteroatoms. The summed E-state index contributed by atoms with van der Waals surface area (Å²) in [5.41, 5.74) is -0.0292. The zero-order chi connectivity index (χ0) is 27.9. The van der Waals surface area contributed by atoms with E-state index in [1.807, 2.05) is 12.1 Å². The molecular weight excluding hydrogens is 573 g/mol. The highest BCUT2D eigenvalue weighted by Crippen LogP contribution is 2.35. The van der Waals surface area contributed by atoms with Crippen LogP contribution in [0.4, 0.5) is 11.4 Å². The van der Waals surface area contributed by atoms with Gasteiger partial charge in [0.2, 0.25) is 5.91 Å². The number of carbonyl (C=O) groups excluding carboxylic acids is 1. The highest BCUT2D eigenvalue weighted by atomic mass is 35.5. The van der Waals surface area contributed by atoms with Crippen LogP contribution in [0.2, 0.25) is 10.0 Å². The number of nitrogens with zero attached hydrogens (tertiary/aromatic N) is 2. The van der Waals surface area contributed by atoms with E-state index in [1.165, 1.54) is 44.4 Å². The van der Waals surface area contributed by atoms with E-state index in [1.54, 1.807) is 23.9 Å². The predicted molar refractivity (Wildman–Crippen MR) is 150 cm³/mol. The van der Waals surface area contributed by atoms with Crippen LogP contribution in [-0.2, 0) is 14.8 Å². The molecule has 1 amide bonds. The number of hydrogen-bond acceptors (Lipinski definition) is 7. The van der Waals surface area contributed by atoms with E-state index in [0.717, 1.165) is 21.0 Å². The molecule has 0 saturated heterocycles. The van der Waals surface area contributed by atoms with Crippen LogP contribution >= 0.6 is 35.0 Å². The lowest BCUT2D eigenvalue weighted by atomic mass is 10.2. The number of amides is 1. The van der Waals surface area contributed by atoms with Gasteiger partial charge in [0.05, 0.1) is 22.6 Å². The summed E-state index contributed by atoms with van der Waals surface area (Å²) in [4.78, 5) is 24.3. The minimum absolute atomic E-state index is 0.0247. The molecule has 38 heavy (non-hydrogen) atoms. The standard InChI is InChI=1S/C25H25Cl2N3O6S2/c1-17-4-10-21(15-22(17)30(32)33)38(34,35)29(23-14-19(27)7-11-24(23)36-2)16-25(31)28-12-3-13-37-20-8-5-18(26)6-9-20/h4-11,14-15H,3,12-13,16H2,1-2H3,(H,28,31). The molecule has 0 spiro atoms. The first kappa shape index (κ1) is 29.6. The van der Waals surface area contributed by atoms with Crippen molar-refractivity contribution in [2.45, 2.75) is 23.1 Å². The van der Waals surface area contributed by atoms with Gasteiger partial charge >= 0.3 is 0 Å². The molecule has 0 saturated carbocycles. The Kier molecular flexibility index (Phi) is 10.3. The number of thioether (sulfide) groups is 1. The van der Waals surface area contributed by atoms with E-state index in [0.29, 0.717) is 23.6 Å². The van der Waals surface area contributed by atoms with Crippen LogP contribution in [-0.4, -0.2) is 45.2 Å². The molecular formula is C25H25Cl2N3O6S2. The van der Waals surface area contributed by atoms with Crippen LogP contribution < -0.4 is 14.4 Å². The molecule has 9 nitrogen and oxygen atoms in total. The Bertz CT molecular complexity index is 1420. The molecule has 0 atom stereocenters. The first-order valence-corrected chi connectivity index (χ1v) is 14.5. The number of ether oxygens (including phenoxy) is 1. The molecule has 0 aliphatic heterocycles. The van der Waals surface area contributed by atoms with Crippen molar-refractivity contribution in [3.8, 4) is 5.75 Å². The predicted octanol–water partition coefficient (Wildman–Crippen LogP) is 5.71. The fraction of sp³-hybridized carbons (Fsp3) is 0.240. The van der Waals surface area contributed by atoms with Crippen LogP contribution in [0.3, 0.4) is 0 Å². The first-order valence-electron chi connectivity index (χ1n) is 11.3. The number of hydrogen-bond donors (Lipinski definition) is 1. The lowest BCUT2D eigenvalue weighted by Crippen LogP contribution is -2.41. The van der Waals surface area contributed by atoms with Gasteiger partial charge in [-0.3, -0.25) is 19.2 Å². The monoisotopic (exact) mass is 597 g/mol. The summed E-state index contributed by atoms with van der Waals surface area (Å²) < 4.78 is 33.6. The second-order valence-electron chi connectivity index (χ2n) is 8.04. The summed E-state index contributed by atoms with van der Waals surface area (Å²) in [6.45, 7) is 1.23. The Morgan fingerprint density at radius 3 is 2.42 bits per heavy atom. The number of methoxy groups -OCH3 is 1. The Labute approximate surface area is 235 Å². The molecule has 3 aromatic rings. The molecule has 0 bridgehead atoms. The van der Waals surface area contributed by atoms with Gasteiger partial charge < -0.3 is 10.1 Å². The fourth-order valence-corrected chi connectivity index (χ4v) is 6.03. The Hall–Kier alpha value is -2.99. The third-order valence-corrected chi connectivity index (χ3v) is 8.73. The molecule has 0 aliphatic rings. The van der Waals surface area contributed by atoms with Crippen LogP contribution in [0.25, 0.3) is 0 Å². The van der Waals surface area contributed by atoms with Crippen molar-refractivity contribution in [1.29, 1.82) is 0 Å². The molecule has 3 rings (SSSR count). The lowest BCUT2D eigenvalue weighted by molar-refractivity contribution is -0.385. The van der Waals surface area contributed by atoms with Gasteiger partial charge in [-0.15, -0.1) is 11.8 Å². The fourth-order valence-electron chi connectivity index (χ4n) is 3.44. The van der Waals surface area contributed by atoms with Gasteiger partial charge in [-0.1, -0.05) is 29.3 Å². The van der Waals surface area contributed by atoms with E-state index in [9.17, 15) is 23.3 Å². The smallest absolute Gasteiger partial charge is 0.273 e. The Morgan fingerprint density at radius 2 is 1.76 bits per heavy atom. The number of nitro benzene ring substituents is 1. The largest absolute Gasteiger partial charge is 0.495 e. The van der Waals surface area contributed by atoms with E-state index in [4.69, 9.17) is 27.9 Å². The van der Waals surface area contributed by atoms with Crippen molar-refractivity contribution in [3.63, 3.8) is 0 Å². The van der Waals surface area contributed by atoms with Gasteiger partial charge in [0.15, 0.2) is 0 Å². The van der Waals surface area contributed by atoms with Gasteiger partial charge in [0.25, 0.3) is 15.7 Å². The van der Waals surface area contributed by atoms with Crippen LogP contribution in [0, 0.1) is 17.0 Å². The number of rotatable bonds is 12. The zero-order valence-electron chi connectivity index (χ0n) is 20.5. The minimum atomic E-state index is -4.43. The number of halogens is 2. The van der Waals surface area contributed by atoms with E-state index in [-0.39, 0.29) is 27.0 Å². The summed E-state index contributed by atoms with van der Waals surface area (Å²) in [6, 6.07) is 15.3. The van der Waals surface area contributed by atoms with Crippen molar-refractivity contribution < 1.29 is 22.9 Å². The van der Waals surface area contributed by atoms with E-state index in [2.05, 4.69) is 5.32 Å².